The van der Waals surface area contributed by atoms with Gasteiger partial charge in [-0.3, -0.25) is 4.79 Å². The van der Waals surface area contributed by atoms with Crippen LogP contribution < -0.4 is 10.1 Å². The molecule has 0 radical (unpaired) electrons. The molecule has 0 saturated heterocycles. The van der Waals surface area contributed by atoms with Crippen LogP contribution >= 0.6 is 11.6 Å². The van der Waals surface area contributed by atoms with Crippen LogP contribution in [0.2, 0.25) is 5.02 Å². The first kappa shape index (κ1) is 21.3. The van der Waals surface area contributed by atoms with E-state index in [1.165, 1.54) is 30.7 Å². The van der Waals surface area contributed by atoms with E-state index in [0.717, 1.165) is 36.9 Å². The molecule has 6 nitrogen and oxygen atoms in total. The van der Waals surface area contributed by atoms with Gasteiger partial charge < -0.3 is 5.32 Å². The summed E-state index contributed by atoms with van der Waals surface area (Å²) in [7, 11) is -3.77. The zero-order valence-corrected chi connectivity index (χ0v) is 17.8. The lowest BCUT2D eigenvalue weighted by atomic mass is 9.88. The first-order valence-electron chi connectivity index (χ1n) is 9.58. The third-order valence-electron chi connectivity index (χ3n) is 5.00. The van der Waals surface area contributed by atoms with Crippen LogP contribution in [0.3, 0.4) is 0 Å². The molecule has 0 aliphatic heterocycles. The highest BCUT2D eigenvalue weighted by atomic mass is 35.5. The molecular weight excluding hydrogens is 410 g/mol. The highest BCUT2D eigenvalue weighted by Gasteiger charge is 2.21. The maximum atomic E-state index is 12.3. The molecule has 0 atom stereocenters. The summed E-state index contributed by atoms with van der Waals surface area (Å²) >= 11 is 5.79. The largest absolute Gasteiger partial charge is 0.326 e. The molecule has 0 spiro atoms. The minimum atomic E-state index is -3.77. The fraction of sp³-hybridized carbons (Fsp3) is 0.333. The van der Waals surface area contributed by atoms with E-state index < -0.39 is 10.0 Å². The zero-order chi connectivity index (χ0) is 20.9. The van der Waals surface area contributed by atoms with Crippen molar-refractivity contribution in [2.75, 3.05) is 5.32 Å². The van der Waals surface area contributed by atoms with E-state index in [0.29, 0.717) is 10.7 Å². The van der Waals surface area contributed by atoms with Crippen molar-refractivity contribution < 1.29 is 13.2 Å². The lowest BCUT2D eigenvalue weighted by Gasteiger charge is -2.20. The Morgan fingerprint density at radius 2 is 1.62 bits per heavy atom. The Bertz CT molecular complexity index is 981. The van der Waals surface area contributed by atoms with Gasteiger partial charge in [0.05, 0.1) is 10.6 Å². The third-order valence-corrected chi connectivity index (χ3v) is 6.48. The molecule has 0 aromatic heterocycles. The molecule has 0 unspecified atom stereocenters. The fourth-order valence-electron chi connectivity index (χ4n) is 3.26. The van der Waals surface area contributed by atoms with E-state index in [2.05, 4.69) is 15.2 Å². The second-order valence-electron chi connectivity index (χ2n) is 7.15. The molecule has 2 aromatic carbocycles. The average molecular weight is 434 g/mol. The minimum Gasteiger partial charge on any atom is -0.326 e. The number of carbonyl (C=O) groups is 1. The van der Waals surface area contributed by atoms with E-state index in [4.69, 9.17) is 11.6 Å². The molecule has 29 heavy (non-hydrogen) atoms. The predicted molar refractivity (Wildman–Crippen MR) is 116 cm³/mol. The Kier molecular flexibility index (Phi) is 6.92. The molecule has 1 aliphatic carbocycles. The zero-order valence-electron chi connectivity index (χ0n) is 16.2. The number of hydrogen-bond acceptors (Lipinski definition) is 4. The van der Waals surface area contributed by atoms with Crippen molar-refractivity contribution in [3.8, 4) is 0 Å². The monoisotopic (exact) mass is 433 g/mol. The van der Waals surface area contributed by atoms with Gasteiger partial charge in [0.15, 0.2) is 0 Å². The number of amides is 1. The smallest absolute Gasteiger partial charge is 0.276 e. The molecule has 154 valence electrons. The highest BCUT2D eigenvalue weighted by molar-refractivity contribution is 7.89. The number of sulfonamides is 1. The number of halogens is 1. The standard InChI is InChI=1S/C21H24ClN3O3S/c1-15(24-25-29(27,28)20-13-9-18(22)10-14-20)16-7-11-19(12-8-16)23-21(26)17-5-3-2-4-6-17/h7-14,17,25H,2-6H2,1H3,(H,23,26)/b24-15-. The number of hydrazone groups is 1. The normalized spacial score (nSPS) is 15.7. The summed E-state index contributed by atoms with van der Waals surface area (Å²) in [6.07, 6.45) is 5.32. The summed E-state index contributed by atoms with van der Waals surface area (Å²) in [5.41, 5.74) is 1.98. The van der Waals surface area contributed by atoms with Gasteiger partial charge in [0.25, 0.3) is 10.0 Å². The van der Waals surface area contributed by atoms with Gasteiger partial charge in [-0.15, -0.1) is 0 Å². The molecule has 1 fully saturated rings. The highest BCUT2D eigenvalue weighted by Crippen LogP contribution is 2.25. The van der Waals surface area contributed by atoms with Crippen molar-refractivity contribution in [2.45, 2.75) is 43.9 Å². The van der Waals surface area contributed by atoms with Crippen molar-refractivity contribution in [3.63, 3.8) is 0 Å². The quantitative estimate of drug-likeness (QED) is 0.517. The van der Waals surface area contributed by atoms with Crippen LogP contribution in [0.25, 0.3) is 0 Å². The first-order chi connectivity index (χ1) is 13.8. The van der Waals surface area contributed by atoms with E-state index in [9.17, 15) is 13.2 Å². The number of nitrogens with one attached hydrogen (secondary N) is 2. The van der Waals surface area contributed by atoms with Crippen LogP contribution in [0.5, 0.6) is 0 Å². The van der Waals surface area contributed by atoms with Gasteiger partial charge in [0, 0.05) is 16.6 Å². The summed E-state index contributed by atoms with van der Waals surface area (Å²) in [5.74, 6) is 0.160. The molecule has 3 rings (SSSR count). The van der Waals surface area contributed by atoms with Crippen LogP contribution in [-0.4, -0.2) is 20.0 Å². The number of carbonyl (C=O) groups excluding carboxylic acids is 1. The van der Waals surface area contributed by atoms with Gasteiger partial charge >= 0.3 is 0 Å². The summed E-state index contributed by atoms with van der Waals surface area (Å²) < 4.78 is 24.6. The second kappa shape index (κ2) is 9.41. The maximum absolute atomic E-state index is 12.3. The van der Waals surface area contributed by atoms with Crippen LogP contribution in [0.4, 0.5) is 5.69 Å². The van der Waals surface area contributed by atoms with E-state index >= 15 is 0 Å². The molecular formula is C21H24ClN3O3S. The average Bonchev–Trinajstić information content (AvgIpc) is 2.73. The molecule has 8 heteroatoms. The Morgan fingerprint density at radius 1 is 1.00 bits per heavy atom. The van der Waals surface area contributed by atoms with Crippen molar-refractivity contribution in [1.29, 1.82) is 0 Å². The van der Waals surface area contributed by atoms with E-state index in [-0.39, 0.29) is 16.7 Å². The van der Waals surface area contributed by atoms with Gasteiger partial charge in [-0.2, -0.15) is 18.4 Å². The van der Waals surface area contributed by atoms with Gasteiger partial charge in [0.1, 0.15) is 0 Å². The molecule has 0 heterocycles. The van der Waals surface area contributed by atoms with Crippen LogP contribution in [0, 0.1) is 5.92 Å². The summed E-state index contributed by atoms with van der Waals surface area (Å²) in [6.45, 7) is 1.71. The fourth-order valence-corrected chi connectivity index (χ4v) is 4.25. The van der Waals surface area contributed by atoms with Crippen molar-refractivity contribution in [1.82, 2.24) is 4.83 Å². The van der Waals surface area contributed by atoms with Gasteiger partial charge in [-0.05, 0) is 61.7 Å². The topological polar surface area (TPSA) is 87.6 Å². The van der Waals surface area contributed by atoms with Crippen LogP contribution in [-0.2, 0) is 14.8 Å². The summed E-state index contributed by atoms with van der Waals surface area (Å²) in [6, 6.07) is 13.0. The molecule has 1 aliphatic rings. The number of nitrogens with zero attached hydrogens (tertiary/aromatic N) is 1. The Hall–Kier alpha value is -2.38. The Morgan fingerprint density at radius 3 is 2.24 bits per heavy atom. The first-order valence-corrected chi connectivity index (χ1v) is 11.4. The summed E-state index contributed by atoms with van der Waals surface area (Å²) in [4.78, 5) is 14.6. The molecule has 1 saturated carbocycles. The minimum absolute atomic E-state index is 0.0681. The number of anilines is 1. The Balaban J connectivity index is 1.62. The SMILES string of the molecule is C/C(=N/NS(=O)(=O)c1ccc(Cl)cc1)c1ccc(NC(=O)C2CCCCC2)cc1. The molecule has 1 amide bonds. The molecule has 0 bridgehead atoms. The van der Waals surface area contributed by atoms with Gasteiger partial charge in [-0.25, -0.2) is 0 Å². The van der Waals surface area contributed by atoms with Gasteiger partial charge in [0.2, 0.25) is 5.91 Å². The van der Waals surface area contributed by atoms with Crippen molar-refractivity contribution in [2.24, 2.45) is 11.0 Å². The van der Waals surface area contributed by atoms with Crippen molar-refractivity contribution in [3.05, 3.63) is 59.1 Å². The second-order valence-corrected chi connectivity index (χ2v) is 9.24. The van der Waals surface area contributed by atoms with E-state index in [1.54, 1.807) is 31.2 Å². The lowest BCUT2D eigenvalue weighted by Crippen LogP contribution is -2.24. The number of benzene rings is 2. The lowest BCUT2D eigenvalue weighted by molar-refractivity contribution is -0.120. The number of hydrogen-bond donors (Lipinski definition) is 2. The van der Waals surface area contributed by atoms with Crippen LogP contribution in [0.15, 0.2) is 58.5 Å². The molecule has 2 N–H and O–H groups in total. The number of rotatable bonds is 6. The predicted octanol–water partition coefficient (Wildman–Crippen LogP) is 4.56. The third kappa shape index (κ3) is 5.81. The van der Waals surface area contributed by atoms with Crippen LogP contribution in [0.1, 0.15) is 44.6 Å². The summed E-state index contributed by atoms with van der Waals surface area (Å²) in [5, 5.41) is 7.40. The van der Waals surface area contributed by atoms with Crippen molar-refractivity contribution >= 4 is 38.9 Å². The molecule has 2 aromatic rings. The van der Waals surface area contributed by atoms with Gasteiger partial charge in [-0.1, -0.05) is 43.0 Å². The van der Waals surface area contributed by atoms with E-state index in [1.807, 2.05) is 0 Å². The Labute approximate surface area is 176 Å². The maximum Gasteiger partial charge on any atom is 0.276 e.